The summed E-state index contributed by atoms with van der Waals surface area (Å²) in [6, 6.07) is 3.93. The van der Waals surface area contributed by atoms with E-state index in [-0.39, 0.29) is 11.9 Å². The van der Waals surface area contributed by atoms with Gasteiger partial charge < -0.3 is 24.9 Å². The number of hydrogen-bond acceptors (Lipinski definition) is 6. The zero-order chi connectivity index (χ0) is 17.0. The van der Waals surface area contributed by atoms with E-state index in [1.807, 2.05) is 19.1 Å². The quantitative estimate of drug-likeness (QED) is 0.817. The molecule has 2 aliphatic heterocycles. The van der Waals surface area contributed by atoms with Crippen LogP contribution in [0, 0.1) is 6.92 Å². The Labute approximate surface area is 142 Å². The number of carbonyl (C=O) groups excluding carboxylic acids is 1. The largest absolute Gasteiger partial charge is 0.465 e. The lowest BCUT2D eigenvalue weighted by atomic mass is 9.90. The molecule has 2 fully saturated rings. The number of aryl methyl sites for hydroxylation is 1. The van der Waals surface area contributed by atoms with Crippen molar-refractivity contribution in [3.8, 4) is 0 Å². The predicted molar refractivity (Wildman–Crippen MR) is 88.6 cm³/mol. The average molecular weight is 337 g/mol. The third kappa shape index (κ3) is 3.97. The topological polar surface area (TPSA) is 90.0 Å². The number of hydrogen-bond donors (Lipinski definition) is 2. The zero-order valence-corrected chi connectivity index (χ0v) is 14.3. The standard InChI is InChI=1S/C17H27N3O4/c1-13-2-3-15(24-13)14(20-6-10-23-11-7-20)12-19-16(21)17(18)4-8-22-9-5-17/h2-3,14H,4-12,18H2,1H3,(H,19,21). The molecule has 1 amide bonds. The highest BCUT2D eigenvalue weighted by Gasteiger charge is 2.36. The molecular weight excluding hydrogens is 310 g/mol. The molecule has 0 radical (unpaired) electrons. The first-order valence-corrected chi connectivity index (χ1v) is 8.61. The van der Waals surface area contributed by atoms with Crippen LogP contribution in [0.2, 0.25) is 0 Å². The van der Waals surface area contributed by atoms with Crippen molar-refractivity contribution in [2.75, 3.05) is 46.1 Å². The van der Waals surface area contributed by atoms with E-state index in [9.17, 15) is 4.79 Å². The summed E-state index contributed by atoms with van der Waals surface area (Å²) in [6.45, 7) is 6.51. The number of carbonyl (C=O) groups is 1. The van der Waals surface area contributed by atoms with Gasteiger partial charge in [-0.1, -0.05) is 0 Å². The molecule has 0 spiro atoms. The van der Waals surface area contributed by atoms with Gasteiger partial charge in [-0.15, -0.1) is 0 Å². The van der Waals surface area contributed by atoms with Gasteiger partial charge in [-0.3, -0.25) is 9.69 Å². The lowest BCUT2D eigenvalue weighted by Crippen LogP contribution is -2.58. The number of furan rings is 1. The molecule has 134 valence electrons. The molecule has 0 aromatic carbocycles. The summed E-state index contributed by atoms with van der Waals surface area (Å²) in [5.74, 6) is 1.63. The Bertz CT molecular complexity index is 548. The van der Waals surface area contributed by atoms with Crippen molar-refractivity contribution in [3.05, 3.63) is 23.7 Å². The Morgan fingerprint density at radius 3 is 2.54 bits per heavy atom. The first-order chi connectivity index (χ1) is 11.6. The lowest BCUT2D eigenvalue weighted by molar-refractivity contribution is -0.130. The van der Waals surface area contributed by atoms with Crippen LogP contribution in [0.25, 0.3) is 0 Å². The van der Waals surface area contributed by atoms with Crippen LogP contribution in [-0.4, -0.2) is 62.4 Å². The fraction of sp³-hybridized carbons (Fsp3) is 0.706. The fourth-order valence-electron chi connectivity index (χ4n) is 3.26. The minimum atomic E-state index is -0.826. The number of morpholine rings is 1. The molecule has 7 heteroatoms. The van der Waals surface area contributed by atoms with Crippen molar-refractivity contribution in [3.63, 3.8) is 0 Å². The SMILES string of the molecule is Cc1ccc(C(CNC(=O)C2(N)CCOCC2)N2CCOCC2)o1. The first-order valence-electron chi connectivity index (χ1n) is 8.61. The highest BCUT2D eigenvalue weighted by atomic mass is 16.5. The van der Waals surface area contributed by atoms with Crippen LogP contribution in [0.4, 0.5) is 0 Å². The molecule has 1 atom stereocenters. The molecule has 1 aromatic rings. The van der Waals surface area contributed by atoms with Gasteiger partial charge >= 0.3 is 0 Å². The van der Waals surface area contributed by atoms with Crippen molar-refractivity contribution in [1.29, 1.82) is 0 Å². The summed E-state index contributed by atoms with van der Waals surface area (Å²) in [4.78, 5) is 14.9. The number of nitrogens with zero attached hydrogens (tertiary/aromatic N) is 1. The Kier molecular flexibility index (Phi) is 5.55. The smallest absolute Gasteiger partial charge is 0.240 e. The van der Waals surface area contributed by atoms with Gasteiger partial charge in [0.1, 0.15) is 11.5 Å². The summed E-state index contributed by atoms with van der Waals surface area (Å²) in [5.41, 5.74) is 5.43. The molecule has 3 heterocycles. The normalized spacial score (nSPS) is 22.9. The van der Waals surface area contributed by atoms with E-state index in [0.717, 1.165) is 24.6 Å². The molecule has 3 N–H and O–H groups in total. The van der Waals surface area contributed by atoms with Crippen LogP contribution in [0.5, 0.6) is 0 Å². The molecule has 2 saturated heterocycles. The summed E-state index contributed by atoms with van der Waals surface area (Å²) in [5, 5.41) is 3.04. The van der Waals surface area contributed by atoms with Crippen LogP contribution in [-0.2, 0) is 14.3 Å². The van der Waals surface area contributed by atoms with Crippen LogP contribution >= 0.6 is 0 Å². The van der Waals surface area contributed by atoms with Gasteiger partial charge in [0, 0.05) is 32.8 Å². The molecule has 0 saturated carbocycles. The Balaban J connectivity index is 1.66. The predicted octanol–water partition coefficient (Wildman–Crippen LogP) is 0.585. The number of amides is 1. The summed E-state index contributed by atoms with van der Waals surface area (Å²) in [7, 11) is 0. The second-order valence-corrected chi connectivity index (χ2v) is 6.59. The summed E-state index contributed by atoms with van der Waals surface area (Å²) >= 11 is 0. The zero-order valence-electron chi connectivity index (χ0n) is 14.3. The Morgan fingerprint density at radius 2 is 1.92 bits per heavy atom. The van der Waals surface area contributed by atoms with Gasteiger partial charge in [-0.25, -0.2) is 0 Å². The van der Waals surface area contributed by atoms with Gasteiger partial charge in [0.05, 0.1) is 24.8 Å². The number of rotatable bonds is 5. The van der Waals surface area contributed by atoms with Crippen molar-refractivity contribution < 1.29 is 18.7 Å². The summed E-state index contributed by atoms with van der Waals surface area (Å²) < 4.78 is 16.6. The molecule has 0 aliphatic carbocycles. The van der Waals surface area contributed by atoms with Crippen LogP contribution in [0.3, 0.4) is 0 Å². The molecule has 2 aliphatic rings. The van der Waals surface area contributed by atoms with E-state index in [1.165, 1.54) is 0 Å². The second kappa shape index (κ2) is 7.65. The number of nitrogens with two attached hydrogens (primary N) is 1. The molecule has 0 bridgehead atoms. The van der Waals surface area contributed by atoms with Crippen LogP contribution in [0.1, 0.15) is 30.4 Å². The molecule has 3 rings (SSSR count). The van der Waals surface area contributed by atoms with Gasteiger partial charge in [0.2, 0.25) is 5.91 Å². The van der Waals surface area contributed by atoms with Crippen molar-refractivity contribution >= 4 is 5.91 Å². The summed E-state index contributed by atoms with van der Waals surface area (Å²) in [6.07, 6.45) is 1.11. The third-order valence-electron chi connectivity index (χ3n) is 4.87. The molecule has 7 nitrogen and oxygen atoms in total. The van der Waals surface area contributed by atoms with E-state index in [0.29, 0.717) is 45.8 Å². The third-order valence-corrected chi connectivity index (χ3v) is 4.87. The fourth-order valence-corrected chi connectivity index (χ4v) is 3.26. The van der Waals surface area contributed by atoms with Gasteiger partial charge in [-0.2, -0.15) is 0 Å². The van der Waals surface area contributed by atoms with Gasteiger partial charge in [-0.05, 0) is 31.9 Å². The second-order valence-electron chi connectivity index (χ2n) is 6.59. The molecule has 24 heavy (non-hydrogen) atoms. The maximum Gasteiger partial charge on any atom is 0.240 e. The van der Waals surface area contributed by atoms with E-state index in [4.69, 9.17) is 19.6 Å². The Hall–Kier alpha value is -1.41. The molecule has 1 aromatic heterocycles. The number of ether oxygens (including phenoxy) is 2. The van der Waals surface area contributed by atoms with Crippen molar-refractivity contribution in [2.24, 2.45) is 5.73 Å². The maximum atomic E-state index is 12.6. The first kappa shape index (κ1) is 17.4. The van der Waals surface area contributed by atoms with Gasteiger partial charge in [0.25, 0.3) is 0 Å². The lowest BCUT2D eigenvalue weighted by Gasteiger charge is -2.35. The van der Waals surface area contributed by atoms with E-state index in [2.05, 4.69) is 10.2 Å². The van der Waals surface area contributed by atoms with Crippen LogP contribution < -0.4 is 11.1 Å². The van der Waals surface area contributed by atoms with Crippen molar-refractivity contribution in [2.45, 2.75) is 31.3 Å². The highest BCUT2D eigenvalue weighted by molar-refractivity contribution is 5.86. The maximum absolute atomic E-state index is 12.6. The van der Waals surface area contributed by atoms with Crippen molar-refractivity contribution in [1.82, 2.24) is 10.2 Å². The van der Waals surface area contributed by atoms with E-state index in [1.54, 1.807) is 0 Å². The molecular formula is C17H27N3O4. The average Bonchev–Trinajstić information content (AvgIpc) is 3.03. The number of nitrogens with one attached hydrogen (secondary N) is 1. The monoisotopic (exact) mass is 337 g/mol. The molecule has 1 unspecified atom stereocenters. The minimum Gasteiger partial charge on any atom is -0.465 e. The van der Waals surface area contributed by atoms with E-state index >= 15 is 0 Å². The Morgan fingerprint density at radius 1 is 1.25 bits per heavy atom. The minimum absolute atomic E-state index is 0.00464. The van der Waals surface area contributed by atoms with Crippen LogP contribution in [0.15, 0.2) is 16.5 Å². The van der Waals surface area contributed by atoms with E-state index < -0.39 is 5.54 Å². The van der Waals surface area contributed by atoms with Gasteiger partial charge in [0.15, 0.2) is 0 Å². The highest BCUT2D eigenvalue weighted by Crippen LogP contribution is 2.24.